The zero-order chi connectivity index (χ0) is 17.9. The summed E-state index contributed by atoms with van der Waals surface area (Å²) >= 11 is 0. The van der Waals surface area contributed by atoms with E-state index in [9.17, 15) is 14.9 Å². The molecule has 8 nitrogen and oxygen atoms in total. The van der Waals surface area contributed by atoms with Gasteiger partial charge in [-0.2, -0.15) is 0 Å². The van der Waals surface area contributed by atoms with Gasteiger partial charge in [0.25, 0.3) is 0 Å². The number of rotatable bonds is 5. The summed E-state index contributed by atoms with van der Waals surface area (Å²) in [4.78, 5) is 28.1. The first-order chi connectivity index (χ1) is 11.3. The van der Waals surface area contributed by atoms with Gasteiger partial charge in [-0.1, -0.05) is 0 Å². The number of nitrogens with one attached hydrogen (secondary N) is 1. The number of carbonyl (C=O) groups excluding carboxylic acids is 1. The molecule has 1 N–H and O–H groups in total. The Kier molecular flexibility index (Phi) is 4.98. The van der Waals surface area contributed by atoms with Crippen molar-refractivity contribution >= 4 is 28.8 Å². The molecule has 2 aromatic rings. The van der Waals surface area contributed by atoms with Gasteiger partial charge in [0.05, 0.1) is 17.6 Å². The molecular weight excluding hydrogens is 312 g/mol. The van der Waals surface area contributed by atoms with Crippen LogP contribution in [0.4, 0.5) is 22.9 Å². The van der Waals surface area contributed by atoms with Gasteiger partial charge >= 0.3 is 11.7 Å². The average molecular weight is 330 g/mol. The second kappa shape index (κ2) is 6.95. The lowest BCUT2D eigenvalue weighted by atomic mass is 10.1. The number of ether oxygens (including phenoxy) is 1. The lowest BCUT2D eigenvalue weighted by molar-refractivity contribution is -0.384. The Bertz CT molecular complexity index is 790. The summed E-state index contributed by atoms with van der Waals surface area (Å²) in [5.41, 5.74) is 2.35. The third-order valence-electron chi connectivity index (χ3n) is 3.46. The average Bonchev–Trinajstić information content (AvgIpc) is 2.55. The van der Waals surface area contributed by atoms with Gasteiger partial charge in [0, 0.05) is 37.7 Å². The highest BCUT2D eigenvalue weighted by Crippen LogP contribution is 2.29. The summed E-state index contributed by atoms with van der Waals surface area (Å²) in [7, 11) is 5.07. The lowest BCUT2D eigenvalue weighted by Crippen LogP contribution is -2.09. The van der Waals surface area contributed by atoms with Gasteiger partial charge in [0.15, 0.2) is 0 Å². The monoisotopic (exact) mass is 330 g/mol. The number of hydrogen-bond acceptors (Lipinski definition) is 7. The van der Waals surface area contributed by atoms with E-state index in [0.29, 0.717) is 5.69 Å². The van der Waals surface area contributed by atoms with E-state index in [4.69, 9.17) is 0 Å². The van der Waals surface area contributed by atoms with E-state index in [2.05, 4.69) is 15.0 Å². The molecule has 0 aliphatic heterocycles. The smallest absolute Gasteiger partial charge is 0.339 e. The van der Waals surface area contributed by atoms with Crippen molar-refractivity contribution in [2.75, 3.05) is 31.4 Å². The summed E-state index contributed by atoms with van der Waals surface area (Å²) < 4.78 is 4.56. The minimum atomic E-state index is -0.677. The van der Waals surface area contributed by atoms with Crippen molar-refractivity contribution in [2.24, 2.45) is 0 Å². The number of carbonyl (C=O) groups is 1. The number of nitrogens with zero attached hydrogens (tertiary/aromatic N) is 3. The molecule has 8 heteroatoms. The van der Waals surface area contributed by atoms with Crippen LogP contribution >= 0.6 is 0 Å². The molecule has 1 aromatic heterocycles. The zero-order valence-electron chi connectivity index (χ0n) is 13.9. The Morgan fingerprint density at radius 3 is 2.58 bits per heavy atom. The molecule has 0 aliphatic carbocycles. The highest BCUT2D eigenvalue weighted by molar-refractivity contribution is 5.90. The second-order valence-electron chi connectivity index (χ2n) is 5.36. The predicted molar refractivity (Wildman–Crippen MR) is 91.0 cm³/mol. The van der Waals surface area contributed by atoms with E-state index in [0.717, 1.165) is 17.3 Å². The van der Waals surface area contributed by atoms with Gasteiger partial charge in [-0.05, 0) is 30.7 Å². The predicted octanol–water partition coefficient (Wildman–Crippen LogP) is 2.89. The Labute approximate surface area is 139 Å². The molecule has 0 bridgehead atoms. The fourth-order valence-corrected chi connectivity index (χ4v) is 2.11. The molecule has 24 heavy (non-hydrogen) atoms. The molecule has 0 atom stereocenters. The standard InChI is InChI=1S/C16H18N4O4/c1-10-7-12(19(2)3)5-6-13(10)18-15-14(20(22)23)8-11(9-17-15)16(21)24-4/h5-9H,1-4H3,(H,17,18). The van der Waals surface area contributed by atoms with Crippen LogP contribution in [0.1, 0.15) is 15.9 Å². The van der Waals surface area contributed by atoms with Crippen molar-refractivity contribution < 1.29 is 14.5 Å². The Hall–Kier alpha value is -3.16. The quantitative estimate of drug-likeness (QED) is 0.511. The van der Waals surface area contributed by atoms with E-state index in [-0.39, 0.29) is 17.1 Å². The van der Waals surface area contributed by atoms with E-state index in [1.165, 1.54) is 13.3 Å². The summed E-state index contributed by atoms with van der Waals surface area (Å²) in [6.45, 7) is 1.89. The minimum absolute atomic E-state index is 0.0226. The van der Waals surface area contributed by atoms with Crippen molar-refractivity contribution in [1.82, 2.24) is 4.98 Å². The summed E-state index contributed by atoms with van der Waals surface area (Å²) in [5, 5.41) is 14.2. The van der Waals surface area contributed by atoms with Gasteiger partial charge in [-0.15, -0.1) is 0 Å². The fourth-order valence-electron chi connectivity index (χ4n) is 2.11. The van der Waals surface area contributed by atoms with Crippen LogP contribution in [0.25, 0.3) is 0 Å². The number of esters is 1. The van der Waals surface area contributed by atoms with E-state index >= 15 is 0 Å². The Morgan fingerprint density at radius 1 is 1.33 bits per heavy atom. The maximum absolute atomic E-state index is 11.5. The number of pyridine rings is 1. The Morgan fingerprint density at radius 2 is 2.04 bits per heavy atom. The van der Waals surface area contributed by atoms with Crippen LogP contribution in [0.5, 0.6) is 0 Å². The molecule has 0 fully saturated rings. The van der Waals surface area contributed by atoms with E-state index < -0.39 is 10.9 Å². The third-order valence-corrected chi connectivity index (χ3v) is 3.46. The lowest BCUT2D eigenvalue weighted by Gasteiger charge is -2.15. The molecule has 2 rings (SSSR count). The molecule has 0 spiro atoms. The number of methoxy groups -OCH3 is 1. The van der Waals surface area contributed by atoms with Crippen LogP contribution in [0, 0.1) is 17.0 Å². The first-order valence-electron chi connectivity index (χ1n) is 7.11. The molecule has 0 saturated heterocycles. The molecule has 0 saturated carbocycles. The highest BCUT2D eigenvalue weighted by atomic mass is 16.6. The number of aryl methyl sites for hydroxylation is 1. The molecule has 126 valence electrons. The summed E-state index contributed by atoms with van der Waals surface area (Å²) in [5.74, 6) is -0.614. The normalized spacial score (nSPS) is 10.2. The van der Waals surface area contributed by atoms with Gasteiger partial charge in [-0.3, -0.25) is 10.1 Å². The molecule has 0 aliphatic rings. The number of benzene rings is 1. The van der Waals surface area contributed by atoms with Gasteiger partial charge in [0.1, 0.15) is 0 Å². The van der Waals surface area contributed by atoms with Crippen molar-refractivity contribution in [3.05, 3.63) is 51.7 Å². The Balaban J connectivity index is 2.39. The topological polar surface area (TPSA) is 97.6 Å². The largest absolute Gasteiger partial charge is 0.465 e. The SMILES string of the molecule is COC(=O)c1cnc(Nc2ccc(N(C)C)cc2C)c([N+](=O)[O-])c1. The van der Waals surface area contributed by atoms with Gasteiger partial charge in [0.2, 0.25) is 5.82 Å². The molecule has 0 amide bonds. The third kappa shape index (κ3) is 3.60. The maximum atomic E-state index is 11.5. The van der Waals surface area contributed by atoms with E-state index in [1.807, 2.05) is 44.1 Å². The van der Waals surface area contributed by atoms with E-state index in [1.54, 1.807) is 0 Å². The molecule has 1 heterocycles. The zero-order valence-corrected chi connectivity index (χ0v) is 13.9. The second-order valence-corrected chi connectivity index (χ2v) is 5.36. The highest BCUT2D eigenvalue weighted by Gasteiger charge is 2.20. The van der Waals surface area contributed by atoms with Crippen LogP contribution in [-0.4, -0.2) is 37.1 Å². The summed E-state index contributed by atoms with van der Waals surface area (Å²) in [6, 6.07) is 6.82. The minimum Gasteiger partial charge on any atom is -0.465 e. The summed E-state index contributed by atoms with van der Waals surface area (Å²) in [6.07, 6.45) is 1.24. The molecular formula is C16H18N4O4. The van der Waals surface area contributed by atoms with Crippen molar-refractivity contribution in [3.8, 4) is 0 Å². The fraction of sp³-hybridized carbons (Fsp3) is 0.250. The molecule has 0 radical (unpaired) electrons. The van der Waals surface area contributed by atoms with Crippen LogP contribution in [-0.2, 0) is 4.74 Å². The number of nitro groups is 1. The van der Waals surface area contributed by atoms with Crippen LogP contribution in [0.15, 0.2) is 30.5 Å². The van der Waals surface area contributed by atoms with Crippen LogP contribution in [0.2, 0.25) is 0 Å². The van der Waals surface area contributed by atoms with Crippen LogP contribution < -0.4 is 10.2 Å². The number of aromatic nitrogens is 1. The van der Waals surface area contributed by atoms with Crippen molar-refractivity contribution in [2.45, 2.75) is 6.92 Å². The van der Waals surface area contributed by atoms with Gasteiger partial charge < -0.3 is 15.0 Å². The molecule has 0 unspecified atom stereocenters. The maximum Gasteiger partial charge on any atom is 0.339 e. The molecule has 1 aromatic carbocycles. The van der Waals surface area contributed by atoms with Crippen molar-refractivity contribution in [1.29, 1.82) is 0 Å². The number of hydrogen-bond donors (Lipinski definition) is 1. The first kappa shape index (κ1) is 17.2. The first-order valence-corrected chi connectivity index (χ1v) is 7.11. The van der Waals surface area contributed by atoms with Crippen molar-refractivity contribution in [3.63, 3.8) is 0 Å². The van der Waals surface area contributed by atoms with Crippen LogP contribution in [0.3, 0.4) is 0 Å². The van der Waals surface area contributed by atoms with Gasteiger partial charge in [-0.25, -0.2) is 9.78 Å². The number of anilines is 3.